The van der Waals surface area contributed by atoms with Gasteiger partial charge in [0.05, 0.1) is 12.7 Å². The monoisotopic (exact) mass is 259 g/mol. The van der Waals surface area contributed by atoms with Crippen molar-refractivity contribution >= 4 is 0 Å². The molecule has 2 unspecified atom stereocenters. The van der Waals surface area contributed by atoms with Crippen molar-refractivity contribution in [3.05, 3.63) is 35.4 Å². The lowest BCUT2D eigenvalue weighted by Crippen LogP contribution is -2.38. The second-order valence-corrected chi connectivity index (χ2v) is 5.93. The van der Waals surface area contributed by atoms with Gasteiger partial charge in [0, 0.05) is 6.04 Å². The molecule has 0 spiro atoms. The van der Waals surface area contributed by atoms with Crippen LogP contribution in [0.4, 0.5) is 0 Å². The van der Waals surface area contributed by atoms with E-state index in [2.05, 4.69) is 36.5 Å². The summed E-state index contributed by atoms with van der Waals surface area (Å²) in [6, 6.07) is 9.28. The van der Waals surface area contributed by atoms with Crippen LogP contribution >= 0.6 is 0 Å². The van der Waals surface area contributed by atoms with E-state index in [1.807, 2.05) is 0 Å². The van der Waals surface area contributed by atoms with Gasteiger partial charge in [-0.3, -0.25) is 0 Å². The van der Waals surface area contributed by atoms with Crippen LogP contribution in [-0.4, -0.2) is 19.2 Å². The van der Waals surface area contributed by atoms with Crippen molar-refractivity contribution < 1.29 is 4.74 Å². The van der Waals surface area contributed by atoms with E-state index in [0.29, 0.717) is 6.04 Å². The van der Waals surface area contributed by atoms with Crippen LogP contribution in [0.15, 0.2) is 24.3 Å². The molecule has 0 aromatic heterocycles. The van der Waals surface area contributed by atoms with Crippen LogP contribution in [0, 0.1) is 5.92 Å². The summed E-state index contributed by atoms with van der Waals surface area (Å²) >= 11 is 0. The van der Waals surface area contributed by atoms with E-state index in [9.17, 15) is 0 Å². The van der Waals surface area contributed by atoms with E-state index in [4.69, 9.17) is 4.74 Å². The van der Waals surface area contributed by atoms with Crippen LogP contribution in [0.1, 0.15) is 49.8 Å². The van der Waals surface area contributed by atoms with Crippen LogP contribution in [-0.2, 0) is 11.2 Å². The molecule has 1 fully saturated rings. The smallest absolute Gasteiger partial charge is 0.0980 e. The van der Waals surface area contributed by atoms with Crippen molar-refractivity contribution in [3.8, 4) is 0 Å². The van der Waals surface area contributed by atoms with E-state index in [0.717, 1.165) is 25.5 Å². The quantitative estimate of drug-likeness (QED) is 0.844. The minimum absolute atomic E-state index is 0.253. The predicted octanol–water partition coefficient (Wildman–Crippen LogP) is 3.47. The van der Waals surface area contributed by atoms with Crippen LogP contribution < -0.4 is 5.32 Å². The van der Waals surface area contributed by atoms with Gasteiger partial charge in [-0.15, -0.1) is 0 Å². The third-order valence-corrected chi connectivity index (χ3v) is 4.45. The first-order chi connectivity index (χ1) is 9.38. The molecule has 1 aromatic carbocycles. The maximum Gasteiger partial charge on any atom is 0.0980 e. The minimum Gasteiger partial charge on any atom is -0.372 e. The Bertz CT molecular complexity index is 413. The molecule has 1 heterocycles. The maximum atomic E-state index is 6.11. The Morgan fingerprint density at radius 2 is 2.16 bits per heavy atom. The summed E-state index contributed by atoms with van der Waals surface area (Å²) in [6.07, 6.45) is 6.82. The molecule has 0 amide bonds. The van der Waals surface area contributed by atoms with Crippen molar-refractivity contribution in [2.24, 2.45) is 5.92 Å². The lowest BCUT2D eigenvalue weighted by atomic mass is 9.90. The zero-order chi connectivity index (χ0) is 13.1. The average molecular weight is 259 g/mol. The molecule has 0 radical (unpaired) electrons. The summed E-state index contributed by atoms with van der Waals surface area (Å²) in [6.45, 7) is 4.09. The molecule has 1 aliphatic heterocycles. The fraction of sp³-hybridized carbons (Fsp3) is 0.647. The van der Waals surface area contributed by atoms with E-state index >= 15 is 0 Å². The molecule has 2 nitrogen and oxygen atoms in total. The van der Waals surface area contributed by atoms with Crippen molar-refractivity contribution in [3.63, 3.8) is 0 Å². The van der Waals surface area contributed by atoms with Crippen LogP contribution in [0.2, 0.25) is 0 Å². The fourth-order valence-corrected chi connectivity index (χ4v) is 3.20. The highest BCUT2D eigenvalue weighted by molar-refractivity contribution is 5.32. The molecule has 0 saturated heterocycles. The lowest BCUT2D eigenvalue weighted by molar-refractivity contribution is 0.0129. The van der Waals surface area contributed by atoms with Crippen molar-refractivity contribution in [1.82, 2.24) is 5.32 Å². The Morgan fingerprint density at radius 3 is 2.95 bits per heavy atom. The third-order valence-electron chi connectivity index (χ3n) is 4.45. The highest BCUT2D eigenvalue weighted by atomic mass is 16.5. The van der Waals surface area contributed by atoms with E-state index < -0.39 is 0 Å². The number of benzene rings is 1. The molecule has 2 aliphatic rings. The highest BCUT2D eigenvalue weighted by Crippen LogP contribution is 2.37. The molecule has 1 aliphatic carbocycles. The Morgan fingerprint density at radius 1 is 1.32 bits per heavy atom. The van der Waals surface area contributed by atoms with Gasteiger partial charge in [-0.05, 0) is 42.9 Å². The Balaban J connectivity index is 1.73. The summed E-state index contributed by atoms with van der Waals surface area (Å²) in [5.41, 5.74) is 2.89. The average Bonchev–Trinajstić information content (AvgIpc) is 3.27. The molecule has 1 aromatic rings. The first-order valence-electron chi connectivity index (χ1n) is 7.81. The summed E-state index contributed by atoms with van der Waals surface area (Å²) in [5, 5.41) is 3.65. The third kappa shape index (κ3) is 3.18. The van der Waals surface area contributed by atoms with Gasteiger partial charge in [-0.1, -0.05) is 44.0 Å². The number of hydrogen-bond acceptors (Lipinski definition) is 2. The number of rotatable bonds is 6. The largest absolute Gasteiger partial charge is 0.372 e. The van der Waals surface area contributed by atoms with Gasteiger partial charge in [0.1, 0.15) is 0 Å². The van der Waals surface area contributed by atoms with Gasteiger partial charge in [0.2, 0.25) is 0 Å². The minimum atomic E-state index is 0.253. The first-order valence-corrected chi connectivity index (χ1v) is 7.81. The second-order valence-electron chi connectivity index (χ2n) is 5.93. The number of hydrogen-bond donors (Lipinski definition) is 1. The van der Waals surface area contributed by atoms with Gasteiger partial charge in [-0.25, -0.2) is 0 Å². The molecule has 3 rings (SSSR count). The SMILES string of the molecule is CCNC(CCC1CC1)C1OCCc2ccccc21. The van der Waals surface area contributed by atoms with Crippen LogP contribution in [0.5, 0.6) is 0 Å². The zero-order valence-electron chi connectivity index (χ0n) is 11.9. The van der Waals surface area contributed by atoms with E-state index in [-0.39, 0.29) is 6.10 Å². The maximum absolute atomic E-state index is 6.11. The molecule has 1 saturated carbocycles. The van der Waals surface area contributed by atoms with Gasteiger partial charge >= 0.3 is 0 Å². The van der Waals surface area contributed by atoms with Crippen molar-refractivity contribution in [2.75, 3.05) is 13.2 Å². The summed E-state index contributed by atoms with van der Waals surface area (Å²) < 4.78 is 6.11. The van der Waals surface area contributed by atoms with E-state index in [1.54, 1.807) is 0 Å². The fourth-order valence-electron chi connectivity index (χ4n) is 3.20. The standard InChI is InChI=1S/C17H25NO/c1-2-18-16(10-9-13-7-8-13)17-15-6-4-3-5-14(15)11-12-19-17/h3-6,13,16-18H,2,7-12H2,1H3. The molecule has 2 heteroatoms. The summed E-state index contributed by atoms with van der Waals surface area (Å²) in [7, 11) is 0. The normalized spacial score (nSPS) is 23.9. The zero-order valence-corrected chi connectivity index (χ0v) is 11.9. The first kappa shape index (κ1) is 13.1. The number of fused-ring (bicyclic) bond motifs is 1. The number of likely N-dealkylation sites (N-methyl/N-ethyl adjacent to an activating group) is 1. The Kier molecular flexibility index (Phi) is 4.19. The van der Waals surface area contributed by atoms with Crippen molar-refractivity contribution in [1.29, 1.82) is 0 Å². The second kappa shape index (κ2) is 6.06. The van der Waals surface area contributed by atoms with Crippen LogP contribution in [0.3, 0.4) is 0 Å². The Labute approximate surface area is 116 Å². The molecule has 104 valence electrons. The Hall–Kier alpha value is -0.860. The number of ether oxygens (including phenoxy) is 1. The van der Waals surface area contributed by atoms with E-state index in [1.165, 1.54) is 36.8 Å². The molecule has 1 N–H and O–H groups in total. The topological polar surface area (TPSA) is 21.3 Å². The highest BCUT2D eigenvalue weighted by Gasteiger charge is 2.30. The molecule has 2 atom stereocenters. The summed E-state index contributed by atoms with van der Waals surface area (Å²) in [4.78, 5) is 0. The van der Waals surface area contributed by atoms with Gasteiger partial charge in [-0.2, -0.15) is 0 Å². The molecule has 19 heavy (non-hydrogen) atoms. The lowest BCUT2D eigenvalue weighted by Gasteiger charge is -2.33. The summed E-state index contributed by atoms with van der Waals surface area (Å²) in [5.74, 6) is 1.000. The van der Waals surface area contributed by atoms with Crippen LogP contribution in [0.25, 0.3) is 0 Å². The van der Waals surface area contributed by atoms with Gasteiger partial charge in [0.25, 0.3) is 0 Å². The molecule has 0 bridgehead atoms. The van der Waals surface area contributed by atoms with Gasteiger partial charge < -0.3 is 10.1 Å². The van der Waals surface area contributed by atoms with Gasteiger partial charge in [0.15, 0.2) is 0 Å². The molecular formula is C17H25NO. The predicted molar refractivity (Wildman–Crippen MR) is 78.3 cm³/mol. The molecular weight excluding hydrogens is 234 g/mol. The van der Waals surface area contributed by atoms with Crippen molar-refractivity contribution in [2.45, 2.75) is 51.2 Å². The number of nitrogens with one attached hydrogen (secondary N) is 1.